The van der Waals surface area contributed by atoms with Crippen LogP contribution in [0.5, 0.6) is 5.75 Å². The number of furan rings is 1. The fourth-order valence-electron chi connectivity index (χ4n) is 4.19. The number of rotatable bonds is 8. The van der Waals surface area contributed by atoms with Crippen molar-refractivity contribution in [3.05, 3.63) is 98.6 Å². The van der Waals surface area contributed by atoms with Gasteiger partial charge in [0.15, 0.2) is 5.76 Å². The Labute approximate surface area is 248 Å². The molecule has 0 aliphatic carbocycles. The summed E-state index contributed by atoms with van der Waals surface area (Å²) in [6.45, 7) is 2.10. The summed E-state index contributed by atoms with van der Waals surface area (Å²) < 4.78 is 12.2. The Bertz CT molecular complexity index is 1690. The molecule has 0 saturated carbocycles. The first kappa shape index (κ1) is 27.8. The Balaban J connectivity index is 1.33. The van der Waals surface area contributed by atoms with Crippen LogP contribution in [-0.4, -0.2) is 40.5 Å². The summed E-state index contributed by atoms with van der Waals surface area (Å²) in [7, 11) is 1.54. The van der Waals surface area contributed by atoms with E-state index >= 15 is 0 Å². The Morgan fingerprint density at radius 3 is 2.60 bits per heavy atom. The number of carbonyl (C=O) groups excluding carboxylic acids is 3. The minimum absolute atomic E-state index is 0.0123. The molecule has 0 unspecified atom stereocenters. The number of hydrogen-bond acceptors (Lipinski definition) is 7. The first-order chi connectivity index (χ1) is 19.2. The van der Waals surface area contributed by atoms with E-state index in [0.717, 1.165) is 11.1 Å². The number of benzene rings is 3. The van der Waals surface area contributed by atoms with E-state index in [1.165, 1.54) is 23.8 Å². The molecule has 0 bridgehead atoms. The van der Waals surface area contributed by atoms with Gasteiger partial charge in [0.25, 0.3) is 5.91 Å². The molecule has 2 amide bonds. The van der Waals surface area contributed by atoms with Crippen molar-refractivity contribution in [1.29, 1.82) is 0 Å². The van der Waals surface area contributed by atoms with E-state index < -0.39 is 5.78 Å². The number of thioether (sulfide) groups is 1. The molecule has 0 atom stereocenters. The van der Waals surface area contributed by atoms with Crippen LogP contribution in [0.2, 0.25) is 0 Å². The molecule has 3 aromatic carbocycles. The highest BCUT2D eigenvalue weighted by Gasteiger charge is 2.32. The maximum absolute atomic E-state index is 13.4. The number of ketones is 1. The first-order valence-corrected chi connectivity index (χ1v) is 14.3. The third-order valence-electron chi connectivity index (χ3n) is 6.29. The Morgan fingerprint density at radius 2 is 1.88 bits per heavy atom. The lowest BCUT2D eigenvalue weighted by molar-refractivity contribution is -0.122. The summed E-state index contributed by atoms with van der Waals surface area (Å²) in [4.78, 5) is 41.5. The van der Waals surface area contributed by atoms with E-state index in [-0.39, 0.29) is 36.2 Å². The maximum Gasteiger partial charge on any atom is 0.266 e. The van der Waals surface area contributed by atoms with E-state index in [1.807, 2.05) is 31.2 Å². The van der Waals surface area contributed by atoms with E-state index in [0.29, 0.717) is 36.0 Å². The summed E-state index contributed by atoms with van der Waals surface area (Å²) in [5.74, 6) is -0.420. The van der Waals surface area contributed by atoms with Crippen LogP contribution in [0.4, 0.5) is 5.69 Å². The molecule has 1 fully saturated rings. The number of para-hydroxylation sites is 1. The van der Waals surface area contributed by atoms with Gasteiger partial charge in [0, 0.05) is 23.9 Å². The topological polar surface area (TPSA) is 88.8 Å². The predicted octanol–water partition coefficient (Wildman–Crippen LogP) is 6.97. The van der Waals surface area contributed by atoms with Crippen molar-refractivity contribution in [3.63, 3.8) is 0 Å². The van der Waals surface area contributed by atoms with Gasteiger partial charge in [0.1, 0.15) is 15.7 Å². The number of nitrogens with one attached hydrogen (secondary N) is 1. The van der Waals surface area contributed by atoms with Crippen LogP contribution in [-0.2, 0) is 9.59 Å². The molecule has 1 aliphatic rings. The largest absolute Gasteiger partial charge is 0.496 e. The molecule has 202 valence electrons. The molecule has 2 heterocycles. The number of anilines is 1. The third kappa shape index (κ3) is 5.74. The molecular formula is C30H23BrN2O5S2. The summed E-state index contributed by atoms with van der Waals surface area (Å²) in [6, 6.07) is 19.9. The molecule has 7 nitrogen and oxygen atoms in total. The smallest absolute Gasteiger partial charge is 0.266 e. The highest BCUT2D eigenvalue weighted by Crippen LogP contribution is 2.35. The molecule has 1 aliphatic heterocycles. The summed E-state index contributed by atoms with van der Waals surface area (Å²) in [6.07, 6.45) is 1.78. The zero-order chi connectivity index (χ0) is 28.4. The maximum atomic E-state index is 13.4. The predicted molar refractivity (Wildman–Crippen MR) is 165 cm³/mol. The van der Waals surface area contributed by atoms with Crippen LogP contribution in [0.3, 0.4) is 0 Å². The molecule has 0 radical (unpaired) electrons. The lowest BCUT2D eigenvalue weighted by Gasteiger charge is -2.14. The average molecular weight is 636 g/mol. The number of amides is 2. The number of ether oxygens (including phenoxy) is 1. The van der Waals surface area contributed by atoms with Gasteiger partial charge in [-0.15, -0.1) is 0 Å². The number of methoxy groups -OCH3 is 1. The zero-order valence-corrected chi connectivity index (χ0v) is 24.7. The average Bonchev–Trinajstić information content (AvgIpc) is 3.44. The SMILES string of the molecule is COc1ccc(C(=O)c2oc3ccccc3c2NC(=O)CCN2C(=O)/C(=C/c3ccc(C)cc3)SC2=S)cc1Br. The number of halogens is 1. The van der Waals surface area contributed by atoms with Crippen LogP contribution in [0.25, 0.3) is 17.0 Å². The number of thiocarbonyl (C=S) groups is 1. The quantitative estimate of drug-likeness (QED) is 0.127. The van der Waals surface area contributed by atoms with Gasteiger partial charge in [-0.05, 0) is 64.8 Å². The van der Waals surface area contributed by atoms with E-state index in [2.05, 4.69) is 21.2 Å². The van der Waals surface area contributed by atoms with Gasteiger partial charge in [-0.1, -0.05) is 65.9 Å². The van der Waals surface area contributed by atoms with Gasteiger partial charge < -0.3 is 14.5 Å². The van der Waals surface area contributed by atoms with E-state index in [9.17, 15) is 14.4 Å². The van der Waals surface area contributed by atoms with Gasteiger partial charge in [0.05, 0.1) is 22.2 Å². The number of carbonyl (C=O) groups is 3. The second-order valence-corrected chi connectivity index (χ2v) is 11.6. The van der Waals surface area contributed by atoms with Crippen LogP contribution < -0.4 is 10.1 Å². The van der Waals surface area contributed by atoms with Crippen molar-refractivity contribution < 1.29 is 23.5 Å². The molecular weight excluding hydrogens is 612 g/mol. The number of nitrogens with zero attached hydrogens (tertiary/aromatic N) is 1. The normalized spacial score (nSPS) is 14.3. The molecule has 1 saturated heterocycles. The van der Waals surface area contributed by atoms with Crippen molar-refractivity contribution in [2.75, 3.05) is 19.0 Å². The van der Waals surface area contributed by atoms with Crippen LogP contribution in [0.15, 0.2) is 80.5 Å². The summed E-state index contributed by atoms with van der Waals surface area (Å²) in [5, 5.41) is 3.43. The molecule has 1 N–H and O–H groups in total. The number of aryl methyl sites for hydroxylation is 1. The number of hydrogen-bond donors (Lipinski definition) is 1. The molecule has 5 rings (SSSR count). The highest BCUT2D eigenvalue weighted by atomic mass is 79.9. The second-order valence-electron chi connectivity index (χ2n) is 9.02. The Morgan fingerprint density at radius 1 is 1.12 bits per heavy atom. The zero-order valence-electron chi connectivity index (χ0n) is 21.5. The van der Waals surface area contributed by atoms with E-state index in [1.54, 1.807) is 48.5 Å². The molecule has 4 aromatic rings. The lowest BCUT2D eigenvalue weighted by Crippen LogP contribution is -2.31. The van der Waals surface area contributed by atoms with Crippen molar-refractivity contribution in [3.8, 4) is 5.75 Å². The van der Waals surface area contributed by atoms with Gasteiger partial charge in [-0.25, -0.2) is 0 Å². The fraction of sp³-hybridized carbons (Fsp3) is 0.133. The standard InChI is InChI=1S/C30H23BrN2O5S2/c1-17-7-9-18(10-8-17)15-24-29(36)33(30(39)40-24)14-13-25(34)32-26-20-5-3-4-6-22(20)38-28(26)27(35)19-11-12-23(37-2)21(31)16-19/h3-12,15-16H,13-14H2,1-2H3,(H,32,34)/b24-15-. The van der Waals surface area contributed by atoms with Crippen LogP contribution in [0.1, 0.15) is 33.7 Å². The van der Waals surface area contributed by atoms with Crippen LogP contribution >= 0.6 is 39.9 Å². The lowest BCUT2D eigenvalue weighted by atomic mass is 10.1. The van der Waals surface area contributed by atoms with E-state index in [4.69, 9.17) is 21.4 Å². The second kappa shape index (κ2) is 11.8. The van der Waals surface area contributed by atoms with Crippen molar-refractivity contribution in [1.82, 2.24) is 4.90 Å². The van der Waals surface area contributed by atoms with Gasteiger partial charge in [-0.3, -0.25) is 19.3 Å². The van der Waals surface area contributed by atoms with Crippen molar-refractivity contribution >= 4 is 84.6 Å². The third-order valence-corrected chi connectivity index (χ3v) is 8.29. The van der Waals surface area contributed by atoms with Crippen LogP contribution in [0, 0.1) is 6.92 Å². The van der Waals surface area contributed by atoms with Gasteiger partial charge in [-0.2, -0.15) is 0 Å². The first-order valence-electron chi connectivity index (χ1n) is 12.3. The van der Waals surface area contributed by atoms with Gasteiger partial charge >= 0.3 is 0 Å². The monoisotopic (exact) mass is 634 g/mol. The summed E-state index contributed by atoms with van der Waals surface area (Å²) in [5.41, 5.74) is 3.13. The molecule has 0 spiro atoms. The minimum Gasteiger partial charge on any atom is -0.496 e. The van der Waals surface area contributed by atoms with Crippen molar-refractivity contribution in [2.45, 2.75) is 13.3 Å². The summed E-state index contributed by atoms with van der Waals surface area (Å²) >= 11 is 10.0. The Kier molecular flexibility index (Phi) is 8.20. The highest BCUT2D eigenvalue weighted by molar-refractivity contribution is 9.10. The van der Waals surface area contributed by atoms with Gasteiger partial charge in [0.2, 0.25) is 11.7 Å². The van der Waals surface area contributed by atoms with Crippen molar-refractivity contribution in [2.24, 2.45) is 0 Å². The minimum atomic E-state index is -0.395. The molecule has 10 heteroatoms. The fourth-order valence-corrected chi connectivity index (χ4v) is 6.04. The molecule has 1 aromatic heterocycles. The molecule has 40 heavy (non-hydrogen) atoms. The number of fused-ring (bicyclic) bond motifs is 1. The Hall–Kier alpha value is -3.73.